The van der Waals surface area contributed by atoms with Crippen LogP contribution in [0.25, 0.3) is 0 Å². The molecule has 0 atom stereocenters. The van der Waals surface area contributed by atoms with Gasteiger partial charge in [-0.2, -0.15) is 10.2 Å². The molecule has 0 aliphatic heterocycles. The van der Waals surface area contributed by atoms with Crippen LogP contribution in [0.1, 0.15) is 27.4 Å². The number of H-pyrrole nitrogens is 1. The third kappa shape index (κ3) is 3.82. The van der Waals surface area contributed by atoms with E-state index in [1.807, 2.05) is 36.7 Å². The highest BCUT2D eigenvalue weighted by Gasteiger charge is 2.18. The molecule has 0 aliphatic carbocycles. The number of carbonyl (C=O) groups excluding carboxylic acids is 1. The zero-order valence-corrected chi connectivity index (χ0v) is 17.0. The number of nitrogens with zero attached hydrogens (tertiary/aromatic N) is 3. The first-order valence-corrected chi connectivity index (χ1v) is 8.99. The van der Waals surface area contributed by atoms with Crippen LogP contribution in [-0.2, 0) is 6.54 Å². The lowest BCUT2D eigenvalue weighted by Crippen LogP contribution is -2.14. The van der Waals surface area contributed by atoms with Gasteiger partial charge in [-0.05, 0) is 47.5 Å². The summed E-state index contributed by atoms with van der Waals surface area (Å²) >= 11 is 3.29. The van der Waals surface area contributed by atoms with Crippen LogP contribution in [0.4, 0.5) is 5.69 Å². The largest absolute Gasteiger partial charge is 0.493 e. The molecule has 2 heterocycles. The molecule has 27 heavy (non-hydrogen) atoms. The maximum absolute atomic E-state index is 12.4. The lowest BCUT2D eigenvalue weighted by molar-refractivity contribution is 0.102. The Kier molecular flexibility index (Phi) is 5.50. The van der Waals surface area contributed by atoms with E-state index in [1.165, 1.54) is 6.20 Å². The van der Waals surface area contributed by atoms with Gasteiger partial charge in [0, 0.05) is 0 Å². The number of aryl methyl sites for hydroxylation is 1. The number of rotatable bonds is 6. The Morgan fingerprint density at radius 3 is 2.63 bits per heavy atom. The van der Waals surface area contributed by atoms with Gasteiger partial charge in [0.2, 0.25) is 0 Å². The summed E-state index contributed by atoms with van der Waals surface area (Å²) in [4.78, 5) is 12.4. The van der Waals surface area contributed by atoms with Crippen LogP contribution in [0, 0.1) is 13.8 Å². The number of aromatic amines is 1. The lowest BCUT2D eigenvalue weighted by Gasteiger charge is -2.11. The average Bonchev–Trinajstić information content (AvgIpc) is 3.20. The van der Waals surface area contributed by atoms with Crippen molar-refractivity contribution in [2.75, 3.05) is 19.5 Å². The summed E-state index contributed by atoms with van der Waals surface area (Å²) in [5, 5.41) is 14.0. The molecular formula is C18H20BrN5O3. The number of halogens is 1. The van der Waals surface area contributed by atoms with E-state index in [0.717, 1.165) is 17.0 Å². The van der Waals surface area contributed by atoms with E-state index in [0.29, 0.717) is 33.9 Å². The molecule has 9 heteroatoms. The number of anilines is 1. The van der Waals surface area contributed by atoms with Gasteiger partial charge in [0.15, 0.2) is 11.5 Å². The van der Waals surface area contributed by atoms with E-state index in [2.05, 4.69) is 36.5 Å². The normalized spacial score (nSPS) is 10.7. The van der Waals surface area contributed by atoms with Crippen LogP contribution in [0.5, 0.6) is 11.5 Å². The number of nitrogens with one attached hydrogen (secondary N) is 2. The first kappa shape index (κ1) is 19.0. The van der Waals surface area contributed by atoms with E-state index >= 15 is 0 Å². The Bertz CT molecular complexity index is 980. The van der Waals surface area contributed by atoms with E-state index < -0.39 is 0 Å². The Hall–Kier alpha value is -2.81. The van der Waals surface area contributed by atoms with Gasteiger partial charge in [-0.15, -0.1) is 0 Å². The fourth-order valence-electron chi connectivity index (χ4n) is 2.79. The van der Waals surface area contributed by atoms with Gasteiger partial charge >= 0.3 is 0 Å². The van der Waals surface area contributed by atoms with Crippen LogP contribution in [0.3, 0.4) is 0 Å². The molecule has 0 saturated carbocycles. The fraction of sp³-hybridized carbons (Fsp3) is 0.278. The first-order chi connectivity index (χ1) is 12.9. The number of ether oxygens (including phenoxy) is 2. The van der Waals surface area contributed by atoms with Crippen LogP contribution in [0.15, 0.2) is 28.9 Å². The molecule has 1 amide bonds. The molecule has 0 bridgehead atoms. The summed E-state index contributed by atoms with van der Waals surface area (Å²) < 4.78 is 13.1. The summed E-state index contributed by atoms with van der Waals surface area (Å²) in [5.41, 5.74) is 3.64. The molecule has 3 aromatic rings. The van der Waals surface area contributed by atoms with Crippen LogP contribution >= 0.6 is 15.9 Å². The molecule has 2 N–H and O–H groups in total. The lowest BCUT2D eigenvalue weighted by atomic mass is 10.2. The predicted octanol–water partition coefficient (Wildman–Crippen LogP) is 3.30. The zero-order chi connectivity index (χ0) is 19.6. The summed E-state index contributed by atoms with van der Waals surface area (Å²) in [6.45, 7) is 4.31. The van der Waals surface area contributed by atoms with Crippen molar-refractivity contribution in [1.82, 2.24) is 20.0 Å². The number of benzene rings is 1. The fourth-order valence-corrected chi connectivity index (χ4v) is 3.16. The van der Waals surface area contributed by atoms with E-state index in [1.54, 1.807) is 14.2 Å². The number of aromatic nitrogens is 4. The molecule has 8 nitrogen and oxygen atoms in total. The third-order valence-electron chi connectivity index (χ3n) is 4.22. The summed E-state index contributed by atoms with van der Waals surface area (Å²) in [5.74, 6) is 1.05. The second kappa shape index (κ2) is 7.83. The second-order valence-electron chi connectivity index (χ2n) is 5.94. The number of carbonyl (C=O) groups is 1. The van der Waals surface area contributed by atoms with Crippen LogP contribution < -0.4 is 14.8 Å². The molecule has 3 rings (SSSR count). The number of amides is 1. The van der Waals surface area contributed by atoms with Gasteiger partial charge in [0.1, 0.15) is 5.69 Å². The molecule has 0 unspecified atom stereocenters. The minimum Gasteiger partial charge on any atom is -0.493 e. The SMILES string of the molecule is COc1ccc(Cn2nc(C)c(NC(=O)c3[nH]ncc3Br)c2C)cc1OC. The molecule has 0 fully saturated rings. The zero-order valence-electron chi connectivity index (χ0n) is 15.5. The molecule has 0 spiro atoms. The Morgan fingerprint density at radius 2 is 2.00 bits per heavy atom. The van der Waals surface area contributed by atoms with Gasteiger partial charge in [-0.3, -0.25) is 14.6 Å². The summed E-state index contributed by atoms with van der Waals surface area (Å²) in [7, 11) is 3.21. The predicted molar refractivity (Wildman–Crippen MR) is 105 cm³/mol. The quantitative estimate of drug-likeness (QED) is 0.621. The highest BCUT2D eigenvalue weighted by atomic mass is 79.9. The molecule has 1 aromatic carbocycles. The minimum absolute atomic E-state index is 0.281. The van der Waals surface area contributed by atoms with Crippen molar-refractivity contribution < 1.29 is 14.3 Å². The standard InChI is InChI=1S/C18H20BrN5O3/c1-10-16(21-18(25)17-13(19)8-20-22-17)11(2)24(23-10)9-12-5-6-14(26-3)15(7-12)27-4/h5-8H,9H2,1-4H3,(H,20,22)(H,21,25). The summed E-state index contributed by atoms with van der Waals surface area (Å²) in [6.07, 6.45) is 1.54. The van der Waals surface area contributed by atoms with Gasteiger partial charge in [0.05, 0.1) is 48.5 Å². The summed E-state index contributed by atoms with van der Waals surface area (Å²) in [6, 6.07) is 5.73. The third-order valence-corrected chi connectivity index (χ3v) is 4.82. The second-order valence-corrected chi connectivity index (χ2v) is 6.79. The first-order valence-electron chi connectivity index (χ1n) is 8.19. The van der Waals surface area contributed by atoms with Gasteiger partial charge in [0.25, 0.3) is 5.91 Å². The highest BCUT2D eigenvalue weighted by molar-refractivity contribution is 9.10. The molecule has 2 aromatic heterocycles. The van der Waals surface area contributed by atoms with Crippen molar-refractivity contribution in [1.29, 1.82) is 0 Å². The number of hydrogen-bond acceptors (Lipinski definition) is 5. The average molecular weight is 434 g/mol. The van der Waals surface area contributed by atoms with Crippen LogP contribution in [0.2, 0.25) is 0 Å². The Morgan fingerprint density at radius 1 is 1.26 bits per heavy atom. The number of methoxy groups -OCH3 is 2. The van der Waals surface area contributed by atoms with Crippen molar-refractivity contribution in [3.8, 4) is 11.5 Å². The molecule has 0 saturated heterocycles. The topological polar surface area (TPSA) is 94.1 Å². The van der Waals surface area contributed by atoms with Crippen molar-refractivity contribution in [3.05, 3.63) is 51.5 Å². The van der Waals surface area contributed by atoms with Crippen LogP contribution in [-0.4, -0.2) is 40.1 Å². The van der Waals surface area contributed by atoms with Gasteiger partial charge < -0.3 is 14.8 Å². The smallest absolute Gasteiger partial charge is 0.274 e. The number of hydrogen-bond donors (Lipinski definition) is 2. The van der Waals surface area contributed by atoms with Crippen molar-refractivity contribution in [3.63, 3.8) is 0 Å². The van der Waals surface area contributed by atoms with Crippen molar-refractivity contribution in [2.45, 2.75) is 20.4 Å². The van der Waals surface area contributed by atoms with E-state index in [9.17, 15) is 4.79 Å². The molecular weight excluding hydrogens is 414 g/mol. The Balaban J connectivity index is 1.84. The Labute approximate surface area is 165 Å². The molecule has 0 radical (unpaired) electrons. The van der Waals surface area contributed by atoms with E-state index in [-0.39, 0.29) is 5.91 Å². The maximum Gasteiger partial charge on any atom is 0.274 e. The highest BCUT2D eigenvalue weighted by Crippen LogP contribution is 2.29. The van der Waals surface area contributed by atoms with Gasteiger partial charge in [-0.1, -0.05) is 6.07 Å². The molecule has 142 valence electrons. The molecule has 0 aliphatic rings. The van der Waals surface area contributed by atoms with Crippen molar-refractivity contribution >= 4 is 27.5 Å². The minimum atomic E-state index is -0.281. The van der Waals surface area contributed by atoms with Crippen molar-refractivity contribution in [2.24, 2.45) is 0 Å². The van der Waals surface area contributed by atoms with Gasteiger partial charge in [-0.25, -0.2) is 0 Å². The maximum atomic E-state index is 12.4. The monoisotopic (exact) mass is 433 g/mol. The van der Waals surface area contributed by atoms with E-state index in [4.69, 9.17) is 9.47 Å².